The number of amides is 2. The molecule has 0 aromatic heterocycles. The summed E-state index contributed by atoms with van der Waals surface area (Å²) in [5, 5.41) is 0. The molecular weight excluding hydrogens is 422 g/mol. The van der Waals surface area contributed by atoms with E-state index in [-0.39, 0.29) is 5.91 Å². The molecule has 0 saturated carbocycles. The number of nitrogens with zero attached hydrogens (tertiary/aromatic N) is 1. The van der Waals surface area contributed by atoms with Crippen LogP contribution in [0.3, 0.4) is 0 Å². The Morgan fingerprint density at radius 1 is 0.812 bits per heavy atom. The molecule has 0 saturated heterocycles. The van der Waals surface area contributed by atoms with Crippen molar-refractivity contribution in [3.8, 4) is 11.5 Å². The van der Waals surface area contributed by atoms with Gasteiger partial charge in [0.15, 0.2) is 0 Å². The van der Waals surface area contributed by atoms with Crippen LogP contribution >= 0.6 is 11.8 Å². The van der Waals surface area contributed by atoms with Gasteiger partial charge in [0.05, 0.1) is 29.9 Å². The smallest absolute Gasteiger partial charge is 0.273 e. The normalized spacial score (nSPS) is 13.6. The van der Waals surface area contributed by atoms with Crippen molar-refractivity contribution in [1.29, 1.82) is 0 Å². The van der Waals surface area contributed by atoms with Crippen LogP contribution in [0.25, 0.3) is 5.57 Å². The lowest BCUT2D eigenvalue weighted by Crippen LogP contribution is -2.31. The van der Waals surface area contributed by atoms with E-state index in [9.17, 15) is 9.59 Å². The summed E-state index contributed by atoms with van der Waals surface area (Å²) in [6.07, 6.45) is 0.816. The first-order valence-corrected chi connectivity index (χ1v) is 11.2. The first-order valence-electron chi connectivity index (χ1n) is 10.4. The zero-order valence-electron chi connectivity index (χ0n) is 17.9. The van der Waals surface area contributed by atoms with Crippen LogP contribution in [0, 0.1) is 0 Å². The minimum absolute atomic E-state index is 0.326. The van der Waals surface area contributed by atoms with Crippen molar-refractivity contribution in [1.82, 2.24) is 0 Å². The second-order valence-electron chi connectivity index (χ2n) is 7.08. The fraction of sp³-hybridized carbons (Fsp3) is 0.154. The van der Waals surface area contributed by atoms with Crippen LogP contribution < -0.4 is 14.4 Å². The highest BCUT2D eigenvalue weighted by molar-refractivity contribution is 8.04. The lowest BCUT2D eigenvalue weighted by Gasteiger charge is -2.19. The number of anilines is 1. The molecule has 3 aromatic rings. The van der Waals surface area contributed by atoms with Gasteiger partial charge in [-0.05, 0) is 36.8 Å². The molecule has 1 aliphatic rings. The second kappa shape index (κ2) is 9.75. The minimum atomic E-state index is -0.398. The van der Waals surface area contributed by atoms with Crippen molar-refractivity contribution in [3.63, 3.8) is 0 Å². The Labute approximate surface area is 191 Å². The van der Waals surface area contributed by atoms with Crippen LogP contribution in [0.5, 0.6) is 11.5 Å². The van der Waals surface area contributed by atoms with Crippen molar-refractivity contribution in [3.05, 3.63) is 89.3 Å². The highest BCUT2D eigenvalue weighted by Gasteiger charge is 2.42. The maximum atomic E-state index is 13.7. The van der Waals surface area contributed by atoms with Crippen molar-refractivity contribution < 1.29 is 19.1 Å². The monoisotopic (exact) mass is 445 g/mol. The van der Waals surface area contributed by atoms with Gasteiger partial charge in [-0.1, -0.05) is 67.2 Å². The fourth-order valence-electron chi connectivity index (χ4n) is 3.49. The molecule has 0 fully saturated rings. The molecule has 4 rings (SSSR count). The number of methoxy groups -OCH3 is 1. The molecule has 6 heteroatoms. The Bertz CT molecular complexity index is 1170. The zero-order chi connectivity index (χ0) is 22.5. The third kappa shape index (κ3) is 4.14. The van der Waals surface area contributed by atoms with Crippen LogP contribution in [0.2, 0.25) is 0 Å². The first kappa shape index (κ1) is 21.7. The van der Waals surface area contributed by atoms with Gasteiger partial charge >= 0.3 is 0 Å². The number of carbonyl (C=O) groups excluding carboxylic acids is 2. The molecule has 0 N–H and O–H groups in total. The number of imide groups is 1. The molecule has 0 bridgehead atoms. The summed E-state index contributed by atoms with van der Waals surface area (Å²) >= 11 is 1.28. The Morgan fingerprint density at radius 3 is 2.19 bits per heavy atom. The highest BCUT2D eigenvalue weighted by atomic mass is 32.2. The van der Waals surface area contributed by atoms with Gasteiger partial charge in [0, 0.05) is 10.5 Å². The quantitative estimate of drug-likeness (QED) is 0.425. The van der Waals surface area contributed by atoms with E-state index in [1.54, 1.807) is 37.4 Å². The van der Waals surface area contributed by atoms with E-state index in [1.807, 2.05) is 55.5 Å². The Hall–Kier alpha value is -3.51. The van der Waals surface area contributed by atoms with Crippen molar-refractivity contribution in [2.24, 2.45) is 0 Å². The van der Waals surface area contributed by atoms with E-state index < -0.39 is 5.91 Å². The summed E-state index contributed by atoms with van der Waals surface area (Å²) in [4.78, 5) is 29.8. The highest BCUT2D eigenvalue weighted by Crippen LogP contribution is 2.45. The van der Waals surface area contributed by atoms with E-state index in [0.717, 1.165) is 11.3 Å². The molecule has 0 spiro atoms. The summed E-state index contributed by atoms with van der Waals surface area (Å²) < 4.78 is 11.3. The summed E-state index contributed by atoms with van der Waals surface area (Å²) in [6, 6.07) is 23.9. The third-order valence-electron chi connectivity index (χ3n) is 4.95. The van der Waals surface area contributed by atoms with Crippen molar-refractivity contribution >= 4 is 34.8 Å². The molecule has 1 aliphatic heterocycles. The molecule has 0 aliphatic carbocycles. The van der Waals surface area contributed by atoms with Crippen LogP contribution in [-0.2, 0) is 9.59 Å². The van der Waals surface area contributed by atoms with Gasteiger partial charge in [0.2, 0.25) is 0 Å². The van der Waals surface area contributed by atoms with E-state index in [1.165, 1.54) is 16.7 Å². The van der Waals surface area contributed by atoms with Gasteiger partial charge in [0.25, 0.3) is 11.8 Å². The average Bonchev–Trinajstić information content (AvgIpc) is 3.07. The predicted molar refractivity (Wildman–Crippen MR) is 127 cm³/mol. The van der Waals surface area contributed by atoms with Crippen LogP contribution in [-0.4, -0.2) is 25.5 Å². The number of ether oxygens (including phenoxy) is 2. The summed E-state index contributed by atoms with van der Waals surface area (Å²) in [7, 11) is 1.55. The Morgan fingerprint density at radius 2 is 1.47 bits per heavy atom. The van der Waals surface area contributed by atoms with Gasteiger partial charge in [0.1, 0.15) is 11.5 Å². The Balaban J connectivity index is 1.84. The van der Waals surface area contributed by atoms with Crippen LogP contribution in [0.1, 0.15) is 18.9 Å². The largest absolute Gasteiger partial charge is 0.496 e. The zero-order valence-corrected chi connectivity index (χ0v) is 18.7. The predicted octanol–water partition coefficient (Wildman–Crippen LogP) is 5.56. The number of rotatable bonds is 8. The number of carbonyl (C=O) groups is 2. The Kier molecular flexibility index (Phi) is 6.61. The van der Waals surface area contributed by atoms with Gasteiger partial charge in [-0.25, -0.2) is 4.90 Å². The number of benzene rings is 3. The van der Waals surface area contributed by atoms with Crippen molar-refractivity contribution in [2.45, 2.75) is 18.2 Å². The standard InChI is InChI=1S/C26H23NO4S/c1-3-17-31-22-16-10-8-14-20(22)27-25(28)23(19-13-7-9-15-21(19)30-2)24(26(27)29)32-18-11-5-4-6-12-18/h4-16H,3,17H2,1-2H3. The number of hydrogen-bond donors (Lipinski definition) is 0. The average molecular weight is 446 g/mol. The summed E-state index contributed by atoms with van der Waals surface area (Å²) in [5.41, 5.74) is 1.35. The van der Waals surface area contributed by atoms with Gasteiger partial charge in [-0.3, -0.25) is 9.59 Å². The molecular formula is C26H23NO4S. The lowest BCUT2D eigenvalue weighted by molar-refractivity contribution is -0.119. The number of thioether (sulfide) groups is 1. The van der Waals surface area contributed by atoms with Gasteiger partial charge in [-0.15, -0.1) is 0 Å². The summed E-state index contributed by atoms with van der Waals surface area (Å²) in [5.74, 6) is 0.261. The fourth-order valence-corrected chi connectivity index (χ4v) is 4.50. The van der Waals surface area contributed by atoms with E-state index >= 15 is 0 Å². The molecule has 0 unspecified atom stereocenters. The molecule has 1 heterocycles. The topological polar surface area (TPSA) is 55.8 Å². The molecule has 162 valence electrons. The molecule has 0 radical (unpaired) electrons. The lowest BCUT2D eigenvalue weighted by atomic mass is 10.0. The molecule has 32 heavy (non-hydrogen) atoms. The first-order chi connectivity index (χ1) is 15.7. The SMILES string of the molecule is CCCOc1ccccc1N1C(=O)C(Sc2ccccc2)=C(c2ccccc2OC)C1=O. The molecule has 5 nitrogen and oxygen atoms in total. The van der Waals surface area contributed by atoms with E-state index in [4.69, 9.17) is 9.47 Å². The van der Waals surface area contributed by atoms with Gasteiger partial charge < -0.3 is 9.47 Å². The molecule has 3 aromatic carbocycles. The maximum Gasteiger partial charge on any atom is 0.273 e. The van der Waals surface area contributed by atoms with E-state index in [0.29, 0.717) is 39.8 Å². The van der Waals surface area contributed by atoms with Crippen LogP contribution in [0.15, 0.2) is 88.7 Å². The number of hydrogen-bond acceptors (Lipinski definition) is 5. The maximum absolute atomic E-state index is 13.7. The van der Waals surface area contributed by atoms with Gasteiger partial charge in [-0.2, -0.15) is 0 Å². The van der Waals surface area contributed by atoms with E-state index in [2.05, 4.69) is 0 Å². The number of para-hydroxylation sites is 3. The third-order valence-corrected chi connectivity index (χ3v) is 6.04. The molecule has 0 atom stereocenters. The van der Waals surface area contributed by atoms with Crippen molar-refractivity contribution in [2.75, 3.05) is 18.6 Å². The summed E-state index contributed by atoms with van der Waals surface area (Å²) in [6.45, 7) is 2.50. The minimum Gasteiger partial charge on any atom is -0.496 e. The molecule has 2 amide bonds. The second-order valence-corrected chi connectivity index (χ2v) is 8.17. The van der Waals surface area contributed by atoms with Crippen LogP contribution in [0.4, 0.5) is 5.69 Å².